The maximum absolute atomic E-state index is 12.2. The Morgan fingerprint density at radius 1 is 1.36 bits per heavy atom. The van der Waals surface area contributed by atoms with Gasteiger partial charge in [0.25, 0.3) is 11.1 Å². The molecular formula is C15H15NO5S. The first-order valence-electron chi connectivity index (χ1n) is 6.60. The van der Waals surface area contributed by atoms with Crippen LogP contribution in [0.2, 0.25) is 0 Å². The average Bonchev–Trinajstić information content (AvgIpc) is 2.75. The van der Waals surface area contributed by atoms with Crippen LogP contribution in [0.3, 0.4) is 0 Å². The molecule has 22 heavy (non-hydrogen) atoms. The normalized spacial score (nSPS) is 16.3. The first-order chi connectivity index (χ1) is 10.5. The lowest BCUT2D eigenvalue weighted by molar-refractivity contribution is -0.143. The van der Waals surface area contributed by atoms with E-state index in [0.717, 1.165) is 22.2 Å². The number of imide groups is 1. The third kappa shape index (κ3) is 3.67. The smallest absolute Gasteiger partial charge is 0.325 e. The fraction of sp³-hybridized carbons (Fsp3) is 0.267. The molecule has 0 unspecified atom stereocenters. The van der Waals surface area contributed by atoms with Crippen molar-refractivity contribution in [3.05, 3.63) is 34.7 Å². The van der Waals surface area contributed by atoms with Crippen LogP contribution in [0.4, 0.5) is 4.79 Å². The third-order valence-electron chi connectivity index (χ3n) is 2.86. The Balaban J connectivity index is 2.19. The molecule has 0 saturated carbocycles. The van der Waals surface area contributed by atoms with Gasteiger partial charge in [-0.1, -0.05) is 12.1 Å². The fourth-order valence-electron chi connectivity index (χ4n) is 1.84. The van der Waals surface area contributed by atoms with Crippen molar-refractivity contribution in [2.75, 3.05) is 20.3 Å². The van der Waals surface area contributed by atoms with E-state index in [1.165, 1.54) is 7.11 Å². The molecule has 0 bridgehead atoms. The third-order valence-corrected chi connectivity index (χ3v) is 3.76. The van der Waals surface area contributed by atoms with E-state index in [-0.39, 0.29) is 11.4 Å². The molecule has 6 nitrogen and oxygen atoms in total. The van der Waals surface area contributed by atoms with Gasteiger partial charge in [0.2, 0.25) is 0 Å². The fourth-order valence-corrected chi connectivity index (χ4v) is 2.68. The zero-order chi connectivity index (χ0) is 16.1. The Kier molecular flexibility index (Phi) is 5.21. The van der Waals surface area contributed by atoms with E-state index in [9.17, 15) is 14.4 Å². The summed E-state index contributed by atoms with van der Waals surface area (Å²) in [6.45, 7) is 2.04. The molecule has 1 aromatic carbocycles. The summed E-state index contributed by atoms with van der Waals surface area (Å²) in [7, 11) is 1.20. The topological polar surface area (TPSA) is 72.9 Å². The number of hydrogen-bond acceptors (Lipinski definition) is 6. The number of carbonyl (C=O) groups excluding carboxylic acids is 3. The molecule has 0 spiro atoms. The van der Waals surface area contributed by atoms with Gasteiger partial charge in [0.15, 0.2) is 0 Å². The maximum atomic E-state index is 12.2. The lowest BCUT2D eigenvalue weighted by atomic mass is 10.2. The van der Waals surface area contributed by atoms with Gasteiger partial charge < -0.3 is 9.47 Å². The van der Waals surface area contributed by atoms with E-state index in [1.54, 1.807) is 24.3 Å². The van der Waals surface area contributed by atoms with Crippen LogP contribution in [-0.4, -0.2) is 42.3 Å². The molecular weight excluding hydrogens is 306 g/mol. The minimum atomic E-state index is -0.637. The monoisotopic (exact) mass is 321 g/mol. The highest BCUT2D eigenvalue weighted by Crippen LogP contribution is 2.32. The van der Waals surface area contributed by atoms with Crippen LogP contribution in [0.1, 0.15) is 12.5 Å². The van der Waals surface area contributed by atoms with E-state index < -0.39 is 17.1 Å². The molecule has 116 valence electrons. The summed E-state index contributed by atoms with van der Waals surface area (Å²) in [5.41, 5.74) is 0.745. The molecule has 1 saturated heterocycles. The van der Waals surface area contributed by atoms with Crippen molar-refractivity contribution in [3.8, 4) is 5.75 Å². The van der Waals surface area contributed by atoms with Crippen LogP contribution >= 0.6 is 11.8 Å². The predicted molar refractivity (Wildman–Crippen MR) is 82.3 cm³/mol. The number of methoxy groups -OCH3 is 1. The second kappa shape index (κ2) is 7.13. The van der Waals surface area contributed by atoms with Gasteiger partial charge in [0, 0.05) is 0 Å². The molecule has 2 rings (SSSR count). The van der Waals surface area contributed by atoms with E-state index >= 15 is 0 Å². The summed E-state index contributed by atoms with van der Waals surface area (Å²) in [6.07, 6.45) is 1.60. The Hall–Kier alpha value is -2.28. The molecule has 1 aromatic rings. The Labute approximate surface area is 132 Å². The largest absolute Gasteiger partial charge is 0.494 e. The van der Waals surface area contributed by atoms with Crippen molar-refractivity contribution < 1.29 is 23.9 Å². The van der Waals surface area contributed by atoms with Crippen molar-refractivity contribution in [2.45, 2.75) is 6.92 Å². The second-order valence-electron chi connectivity index (χ2n) is 4.35. The molecule has 0 N–H and O–H groups in total. The minimum Gasteiger partial charge on any atom is -0.494 e. The summed E-state index contributed by atoms with van der Waals surface area (Å²) in [5.74, 6) is -0.450. The first-order valence-corrected chi connectivity index (χ1v) is 7.42. The molecule has 2 amide bonds. The molecule has 0 atom stereocenters. The number of nitrogens with zero attached hydrogens (tertiary/aromatic N) is 1. The van der Waals surface area contributed by atoms with Crippen molar-refractivity contribution in [3.63, 3.8) is 0 Å². The number of benzene rings is 1. The SMILES string of the molecule is CCOc1cccc(/C=C2\SC(=O)N(CC(=O)OC)C2=O)c1. The summed E-state index contributed by atoms with van der Waals surface area (Å²) < 4.78 is 9.86. The van der Waals surface area contributed by atoms with Crippen molar-refractivity contribution >= 4 is 35.0 Å². The number of carbonyl (C=O) groups is 3. The highest BCUT2D eigenvalue weighted by atomic mass is 32.2. The van der Waals surface area contributed by atoms with E-state index in [1.807, 2.05) is 13.0 Å². The van der Waals surface area contributed by atoms with Crippen molar-refractivity contribution in [1.82, 2.24) is 4.90 Å². The van der Waals surface area contributed by atoms with Crippen LogP contribution in [0.5, 0.6) is 5.75 Å². The highest BCUT2D eigenvalue weighted by Gasteiger charge is 2.36. The quantitative estimate of drug-likeness (QED) is 0.612. The Morgan fingerprint density at radius 3 is 2.82 bits per heavy atom. The summed E-state index contributed by atoms with van der Waals surface area (Å²) in [4.78, 5) is 36.3. The number of rotatable bonds is 5. The van der Waals surface area contributed by atoms with Gasteiger partial charge in [0.1, 0.15) is 12.3 Å². The van der Waals surface area contributed by atoms with Gasteiger partial charge in [-0.05, 0) is 42.5 Å². The summed E-state index contributed by atoms with van der Waals surface area (Å²) >= 11 is 0.798. The van der Waals surface area contributed by atoms with Gasteiger partial charge in [-0.25, -0.2) is 0 Å². The zero-order valence-corrected chi connectivity index (χ0v) is 13.0. The molecule has 1 aliphatic rings. The number of thioether (sulfide) groups is 1. The number of amides is 2. The van der Waals surface area contributed by atoms with E-state index in [0.29, 0.717) is 12.4 Å². The predicted octanol–water partition coefficient (Wildman–Crippen LogP) is 2.29. The molecule has 1 aliphatic heterocycles. The van der Waals surface area contributed by atoms with Crippen LogP contribution in [0, 0.1) is 0 Å². The molecule has 0 aliphatic carbocycles. The molecule has 1 fully saturated rings. The van der Waals surface area contributed by atoms with Crippen LogP contribution < -0.4 is 4.74 Å². The number of esters is 1. The Morgan fingerprint density at radius 2 is 2.14 bits per heavy atom. The van der Waals surface area contributed by atoms with Crippen LogP contribution in [0.15, 0.2) is 29.2 Å². The molecule has 0 radical (unpaired) electrons. The van der Waals surface area contributed by atoms with Gasteiger partial charge in [-0.3, -0.25) is 19.3 Å². The number of hydrogen-bond donors (Lipinski definition) is 0. The maximum Gasteiger partial charge on any atom is 0.325 e. The first kappa shape index (κ1) is 16.1. The van der Waals surface area contributed by atoms with Gasteiger partial charge in [0.05, 0.1) is 18.6 Å². The lowest BCUT2D eigenvalue weighted by Gasteiger charge is -2.09. The summed E-state index contributed by atoms with van der Waals surface area (Å²) in [5, 5.41) is -0.484. The average molecular weight is 321 g/mol. The minimum absolute atomic E-state index is 0.266. The van der Waals surface area contributed by atoms with Crippen LogP contribution in [-0.2, 0) is 14.3 Å². The van der Waals surface area contributed by atoms with Gasteiger partial charge in [-0.15, -0.1) is 0 Å². The highest BCUT2D eigenvalue weighted by molar-refractivity contribution is 8.18. The lowest BCUT2D eigenvalue weighted by Crippen LogP contribution is -2.34. The van der Waals surface area contributed by atoms with E-state index in [2.05, 4.69) is 4.74 Å². The zero-order valence-electron chi connectivity index (χ0n) is 12.2. The Bertz CT molecular complexity index is 641. The molecule has 1 heterocycles. The van der Waals surface area contributed by atoms with Gasteiger partial charge >= 0.3 is 5.97 Å². The standard InChI is InChI=1S/C15H15NO5S/c1-3-21-11-6-4-5-10(7-11)8-12-14(18)16(15(19)22-12)9-13(17)20-2/h4-8H,3,9H2,1-2H3/b12-8-. The molecule has 7 heteroatoms. The van der Waals surface area contributed by atoms with Crippen molar-refractivity contribution in [2.24, 2.45) is 0 Å². The van der Waals surface area contributed by atoms with Crippen LogP contribution in [0.25, 0.3) is 6.08 Å². The number of ether oxygens (including phenoxy) is 2. The molecule has 0 aromatic heterocycles. The van der Waals surface area contributed by atoms with Gasteiger partial charge in [-0.2, -0.15) is 0 Å². The summed E-state index contributed by atoms with van der Waals surface area (Å²) in [6, 6.07) is 7.19. The van der Waals surface area contributed by atoms with Crippen molar-refractivity contribution in [1.29, 1.82) is 0 Å². The van der Waals surface area contributed by atoms with E-state index in [4.69, 9.17) is 4.74 Å². The second-order valence-corrected chi connectivity index (χ2v) is 5.34.